The van der Waals surface area contributed by atoms with Gasteiger partial charge in [0.2, 0.25) is 10.0 Å². The molecule has 128 valence electrons. The first-order valence-corrected chi connectivity index (χ1v) is 9.42. The van der Waals surface area contributed by atoms with Crippen LogP contribution in [-0.2, 0) is 10.0 Å². The Kier molecular flexibility index (Phi) is 4.61. The van der Waals surface area contributed by atoms with Gasteiger partial charge >= 0.3 is 0 Å². The molecule has 0 amide bonds. The highest BCUT2D eigenvalue weighted by Gasteiger charge is 2.20. The summed E-state index contributed by atoms with van der Waals surface area (Å²) in [6, 6.07) is 22.6. The van der Waals surface area contributed by atoms with Crippen LogP contribution in [0.25, 0.3) is 22.3 Å². The number of benzene rings is 3. The smallest absolute Gasteiger partial charge is 0.238 e. The second kappa shape index (κ2) is 6.70. The molecular weight excluding hydrogens is 332 g/mol. The van der Waals surface area contributed by atoms with Crippen molar-refractivity contribution < 1.29 is 8.42 Å². The number of primary sulfonamides is 1. The Labute approximate surface area is 148 Å². The molecule has 0 atom stereocenters. The number of nitrogens with zero attached hydrogens (tertiary/aromatic N) is 1. The molecule has 0 fully saturated rings. The Hall–Kier alpha value is -2.63. The van der Waals surface area contributed by atoms with E-state index in [0.717, 1.165) is 22.4 Å². The molecule has 0 aliphatic rings. The summed E-state index contributed by atoms with van der Waals surface area (Å²) < 4.78 is 24.4. The largest absolute Gasteiger partial charge is 0.377 e. The molecular formula is C20H20N2O2S. The maximum absolute atomic E-state index is 12.2. The zero-order chi connectivity index (χ0) is 18.0. The maximum Gasteiger partial charge on any atom is 0.238 e. The minimum absolute atomic E-state index is 0.129. The van der Waals surface area contributed by atoms with E-state index < -0.39 is 10.0 Å². The van der Waals surface area contributed by atoms with Crippen LogP contribution in [0.15, 0.2) is 77.7 Å². The number of para-hydroxylation sites is 1. The summed E-state index contributed by atoms with van der Waals surface area (Å²) in [5.74, 6) is 0. The molecule has 5 heteroatoms. The van der Waals surface area contributed by atoms with Crippen molar-refractivity contribution in [2.24, 2.45) is 5.14 Å². The molecule has 0 saturated heterocycles. The molecule has 4 nitrogen and oxygen atoms in total. The first-order valence-electron chi connectivity index (χ1n) is 7.87. The van der Waals surface area contributed by atoms with Crippen LogP contribution in [0.5, 0.6) is 0 Å². The molecule has 3 aromatic rings. The van der Waals surface area contributed by atoms with Gasteiger partial charge in [0.1, 0.15) is 0 Å². The summed E-state index contributed by atoms with van der Waals surface area (Å²) >= 11 is 0. The topological polar surface area (TPSA) is 63.4 Å². The molecule has 0 aliphatic heterocycles. The van der Waals surface area contributed by atoms with Crippen LogP contribution < -0.4 is 10.0 Å². The lowest BCUT2D eigenvalue weighted by molar-refractivity contribution is 0.598. The fraction of sp³-hybridized carbons (Fsp3) is 0.100. The highest BCUT2D eigenvalue weighted by atomic mass is 32.2. The quantitative estimate of drug-likeness (QED) is 0.778. The van der Waals surface area contributed by atoms with Gasteiger partial charge in [-0.15, -0.1) is 0 Å². The fourth-order valence-corrected chi connectivity index (χ4v) is 3.77. The van der Waals surface area contributed by atoms with Crippen molar-refractivity contribution in [1.82, 2.24) is 0 Å². The number of rotatable bonds is 4. The Morgan fingerprint density at radius 3 is 2.00 bits per heavy atom. The highest BCUT2D eigenvalue weighted by molar-refractivity contribution is 7.89. The van der Waals surface area contributed by atoms with E-state index in [0.29, 0.717) is 5.56 Å². The number of sulfonamides is 1. The summed E-state index contributed by atoms with van der Waals surface area (Å²) in [6.07, 6.45) is 0. The third-order valence-electron chi connectivity index (χ3n) is 4.07. The first-order chi connectivity index (χ1) is 11.9. The minimum Gasteiger partial charge on any atom is -0.377 e. The van der Waals surface area contributed by atoms with Crippen molar-refractivity contribution >= 4 is 15.7 Å². The molecule has 0 aliphatic carbocycles. The standard InChI is InChI=1S/C20H20N2O2S/c1-22(2)18-13-7-6-11-16(18)17-12-8-14-19(25(21,23)24)20(17)15-9-4-3-5-10-15/h3-14H,1-2H3,(H2,21,23,24). The van der Waals surface area contributed by atoms with Crippen molar-refractivity contribution in [3.63, 3.8) is 0 Å². The van der Waals surface area contributed by atoms with Gasteiger partial charge in [-0.3, -0.25) is 0 Å². The van der Waals surface area contributed by atoms with Crippen molar-refractivity contribution in [1.29, 1.82) is 0 Å². The molecule has 3 aromatic carbocycles. The normalized spacial score (nSPS) is 11.3. The zero-order valence-electron chi connectivity index (χ0n) is 14.2. The van der Waals surface area contributed by atoms with Crippen LogP contribution in [-0.4, -0.2) is 22.5 Å². The number of hydrogen-bond acceptors (Lipinski definition) is 3. The second-order valence-corrected chi connectivity index (χ2v) is 7.53. The van der Waals surface area contributed by atoms with E-state index in [9.17, 15) is 8.42 Å². The van der Waals surface area contributed by atoms with Crippen LogP contribution in [0.2, 0.25) is 0 Å². The highest BCUT2D eigenvalue weighted by Crippen LogP contribution is 2.40. The van der Waals surface area contributed by atoms with E-state index in [-0.39, 0.29) is 4.90 Å². The first kappa shape index (κ1) is 17.2. The molecule has 0 heterocycles. The molecule has 0 saturated carbocycles. The van der Waals surface area contributed by atoms with Crippen LogP contribution in [0, 0.1) is 0 Å². The maximum atomic E-state index is 12.2. The number of anilines is 1. The molecule has 2 N–H and O–H groups in total. The van der Waals surface area contributed by atoms with E-state index in [2.05, 4.69) is 0 Å². The predicted octanol–water partition coefficient (Wildman–Crippen LogP) is 3.73. The van der Waals surface area contributed by atoms with Gasteiger partial charge in [0.05, 0.1) is 4.90 Å². The van der Waals surface area contributed by atoms with Gasteiger partial charge in [0.15, 0.2) is 0 Å². The molecule has 0 spiro atoms. The van der Waals surface area contributed by atoms with Gasteiger partial charge in [-0.25, -0.2) is 13.6 Å². The van der Waals surface area contributed by atoms with E-state index in [1.807, 2.05) is 79.7 Å². The summed E-state index contributed by atoms with van der Waals surface area (Å²) in [6.45, 7) is 0. The number of nitrogens with two attached hydrogens (primary N) is 1. The van der Waals surface area contributed by atoms with Crippen molar-refractivity contribution in [2.75, 3.05) is 19.0 Å². The van der Waals surface area contributed by atoms with E-state index in [4.69, 9.17) is 5.14 Å². The molecule has 0 bridgehead atoms. The zero-order valence-corrected chi connectivity index (χ0v) is 15.0. The average molecular weight is 352 g/mol. The van der Waals surface area contributed by atoms with Crippen molar-refractivity contribution in [2.45, 2.75) is 4.90 Å². The Bertz CT molecular complexity index is 997. The minimum atomic E-state index is -3.86. The Morgan fingerprint density at radius 2 is 1.36 bits per heavy atom. The molecule has 0 radical (unpaired) electrons. The van der Waals surface area contributed by atoms with Gasteiger partial charge in [0, 0.05) is 30.9 Å². The molecule has 0 unspecified atom stereocenters. The van der Waals surface area contributed by atoms with Crippen LogP contribution in [0.4, 0.5) is 5.69 Å². The van der Waals surface area contributed by atoms with E-state index >= 15 is 0 Å². The van der Waals surface area contributed by atoms with Gasteiger partial charge in [0.25, 0.3) is 0 Å². The Morgan fingerprint density at radius 1 is 0.760 bits per heavy atom. The second-order valence-electron chi connectivity index (χ2n) is 6.00. The lowest BCUT2D eigenvalue weighted by Crippen LogP contribution is -2.14. The lowest BCUT2D eigenvalue weighted by atomic mass is 9.93. The van der Waals surface area contributed by atoms with Crippen LogP contribution in [0.3, 0.4) is 0 Å². The molecule has 25 heavy (non-hydrogen) atoms. The monoisotopic (exact) mass is 352 g/mol. The van der Waals surface area contributed by atoms with Crippen LogP contribution in [0.1, 0.15) is 0 Å². The van der Waals surface area contributed by atoms with Gasteiger partial charge in [-0.1, -0.05) is 60.7 Å². The van der Waals surface area contributed by atoms with Gasteiger partial charge < -0.3 is 4.90 Å². The van der Waals surface area contributed by atoms with Gasteiger partial charge in [-0.2, -0.15) is 0 Å². The third-order valence-corrected chi connectivity index (χ3v) is 5.02. The van der Waals surface area contributed by atoms with Crippen LogP contribution >= 0.6 is 0 Å². The third kappa shape index (κ3) is 3.43. The molecule has 3 rings (SSSR count). The van der Waals surface area contributed by atoms with E-state index in [1.54, 1.807) is 12.1 Å². The summed E-state index contributed by atoms with van der Waals surface area (Å²) in [4.78, 5) is 2.14. The van der Waals surface area contributed by atoms with Crippen molar-refractivity contribution in [3.05, 3.63) is 72.8 Å². The summed E-state index contributed by atoms with van der Waals surface area (Å²) in [5, 5.41) is 5.50. The van der Waals surface area contributed by atoms with Crippen molar-refractivity contribution in [3.8, 4) is 22.3 Å². The molecule has 0 aromatic heterocycles. The average Bonchev–Trinajstić information content (AvgIpc) is 2.61. The van der Waals surface area contributed by atoms with E-state index in [1.165, 1.54) is 0 Å². The summed E-state index contributed by atoms with van der Waals surface area (Å²) in [7, 11) is 0.0669. The SMILES string of the molecule is CN(C)c1ccccc1-c1cccc(S(N)(=O)=O)c1-c1ccccc1. The predicted molar refractivity (Wildman–Crippen MR) is 103 cm³/mol. The summed E-state index contributed by atoms with van der Waals surface area (Å²) in [5.41, 5.74) is 4.24. The Balaban J connectivity index is 2.40. The lowest BCUT2D eigenvalue weighted by Gasteiger charge is -2.20. The fourth-order valence-electron chi connectivity index (χ4n) is 2.99. The number of hydrogen-bond donors (Lipinski definition) is 1. The van der Waals surface area contributed by atoms with Gasteiger partial charge in [-0.05, 0) is 23.3 Å².